The maximum absolute atomic E-state index is 13.3. The normalized spacial score (nSPS) is 9.83. The van der Waals surface area contributed by atoms with Gasteiger partial charge in [0.2, 0.25) is 0 Å². The van der Waals surface area contributed by atoms with Gasteiger partial charge in [-0.15, -0.1) is 0 Å². The van der Waals surface area contributed by atoms with Gasteiger partial charge in [-0.2, -0.15) is 5.26 Å². The molecule has 0 heterocycles. The number of para-hydroxylation sites is 1. The van der Waals surface area contributed by atoms with Gasteiger partial charge in [-0.1, -0.05) is 6.07 Å². The zero-order chi connectivity index (χ0) is 13.1. The van der Waals surface area contributed by atoms with Crippen molar-refractivity contribution >= 4 is 33.0 Å². The summed E-state index contributed by atoms with van der Waals surface area (Å²) in [6.45, 7) is 0. The molecule has 0 radical (unpaired) electrons. The summed E-state index contributed by atoms with van der Waals surface area (Å²) in [6.07, 6.45) is 0. The molecular weight excluding hydrogens is 297 g/mol. The van der Waals surface area contributed by atoms with Crippen molar-refractivity contribution in [1.82, 2.24) is 0 Å². The molecule has 0 aromatic heterocycles. The lowest BCUT2D eigenvalue weighted by molar-refractivity contribution is 0.633. The summed E-state index contributed by atoms with van der Waals surface area (Å²) in [5.41, 5.74) is 7.44. The minimum absolute atomic E-state index is 0.0637. The van der Waals surface area contributed by atoms with Crippen molar-refractivity contribution in [2.24, 2.45) is 0 Å². The number of nitrogens with two attached hydrogens (primary N) is 1. The maximum Gasteiger partial charge on any atom is 0.148 e. The van der Waals surface area contributed by atoms with Gasteiger partial charge in [0.25, 0.3) is 0 Å². The van der Waals surface area contributed by atoms with Crippen LogP contribution in [-0.4, -0.2) is 0 Å². The SMILES string of the molecule is N#Cc1ccc(Nc2cccc(F)c2N)c(Br)c1. The van der Waals surface area contributed by atoms with Crippen molar-refractivity contribution in [3.05, 3.63) is 52.3 Å². The fourth-order valence-electron chi connectivity index (χ4n) is 1.48. The second-order valence-electron chi connectivity index (χ2n) is 3.63. The molecule has 0 bridgehead atoms. The molecule has 0 amide bonds. The number of halogens is 2. The highest BCUT2D eigenvalue weighted by atomic mass is 79.9. The molecule has 5 heteroatoms. The molecular formula is C13H9BrFN3. The third-order valence-corrected chi connectivity index (χ3v) is 3.08. The van der Waals surface area contributed by atoms with Crippen LogP contribution in [0.3, 0.4) is 0 Å². The van der Waals surface area contributed by atoms with Crippen molar-refractivity contribution in [3.63, 3.8) is 0 Å². The third kappa shape index (κ3) is 2.44. The van der Waals surface area contributed by atoms with Gasteiger partial charge in [-0.05, 0) is 46.3 Å². The van der Waals surface area contributed by atoms with Gasteiger partial charge in [0, 0.05) is 4.47 Å². The predicted octanol–water partition coefficient (Wildman–Crippen LogP) is 3.79. The van der Waals surface area contributed by atoms with Crippen LogP contribution in [0.2, 0.25) is 0 Å². The number of benzene rings is 2. The van der Waals surface area contributed by atoms with Crippen LogP contribution in [-0.2, 0) is 0 Å². The first-order valence-corrected chi connectivity index (χ1v) is 5.92. The molecule has 2 rings (SSSR count). The molecule has 90 valence electrons. The lowest BCUT2D eigenvalue weighted by Crippen LogP contribution is -1.99. The summed E-state index contributed by atoms with van der Waals surface area (Å²) in [5, 5.41) is 11.8. The van der Waals surface area contributed by atoms with E-state index in [1.54, 1.807) is 30.3 Å². The molecule has 3 nitrogen and oxygen atoms in total. The first kappa shape index (κ1) is 12.4. The van der Waals surface area contributed by atoms with Gasteiger partial charge in [-0.25, -0.2) is 4.39 Å². The van der Waals surface area contributed by atoms with Crippen molar-refractivity contribution in [2.45, 2.75) is 0 Å². The van der Waals surface area contributed by atoms with E-state index in [1.165, 1.54) is 6.07 Å². The number of hydrogen-bond acceptors (Lipinski definition) is 3. The summed E-state index contributed by atoms with van der Waals surface area (Å²) in [5.74, 6) is -0.468. The summed E-state index contributed by atoms with van der Waals surface area (Å²) < 4.78 is 14.0. The van der Waals surface area contributed by atoms with E-state index in [1.807, 2.05) is 6.07 Å². The van der Waals surface area contributed by atoms with Gasteiger partial charge in [-0.3, -0.25) is 0 Å². The van der Waals surface area contributed by atoms with Gasteiger partial charge < -0.3 is 11.1 Å². The Morgan fingerprint density at radius 3 is 2.67 bits per heavy atom. The Bertz CT molecular complexity index is 635. The first-order valence-electron chi connectivity index (χ1n) is 5.12. The van der Waals surface area contributed by atoms with E-state index in [4.69, 9.17) is 11.0 Å². The van der Waals surface area contributed by atoms with E-state index >= 15 is 0 Å². The second-order valence-corrected chi connectivity index (χ2v) is 4.49. The number of anilines is 3. The number of nitriles is 1. The molecule has 0 aliphatic heterocycles. The van der Waals surface area contributed by atoms with Gasteiger partial charge in [0.05, 0.1) is 28.7 Å². The van der Waals surface area contributed by atoms with Crippen LogP contribution < -0.4 is 11.1 Å². The standard InChI is InChI=1S/C13H9BrFN3/c14-9-6-8(7-16)4-5-11(9)18-12-3-1-2-10(15)13(12)17/h1-6,18H,17H2. The van der Waals surface area contributed by atoms with E-state index in [-0.39, 0.29) is 5.69 Å². The Labute approximate surface area is 112 Å². The molecule has 2 aromatic carbocycles. The van der Waals surface area contributed by atoms with Crippen molar-refractivity contribution in [1.29, 1.82) is 5.26 Å². The molecule has 0 aliphatic rings. The number of hydrogen-bond donors (Lipinski definition) is 2. The molecule has 0 unspecified atom stereocenters. The Morgan fingerprint density at radius 1 is 1.22 bits per heavy atom. The zero-order valence-electron chi connectivity index (χ0n) is 9.24. The number of nitrogen functional groups attached to an aromatic ring is 1. The molecule has 0 aliphatic carbocycles. The largest absolute Gasteiger partial charge is 0.395 e. The van der Waals surface area contributed by atoms with Crippen LogP contribution in [0, 0.1) is 17.1 Å². The number of nitrogens with one attached hydrogen (secondary N) is 1. The second kappa shape index (κ2) is 5.07. The van der Waals surface area contributed by atoms with Gasteiger partial charge >= 0.3 is 0 Å². The van der Waals surface area contributed by atoms with E-state index in [0.717, 1.165) is 0 Å². The fraction of sp³-hybridized carbons (Fsp3) is 0. The van der Waals surface area contributed by atoms with Crippen LogP contribution in [0.5, 0.6) is 0 Å². The summed E-state index contributed by atoms with van der Waals surface area (Å²) in [6, 6.07) is 11.7. The number of nitrogens with zero attached hydrogens (tertiary/aromatic N) is 1. The highest BCUT2D eigenvalue weighted by Crippen LogP contribution is 2.30. The molecule has 0 saturated carbocycles. The molecule has 0 saturated heterocycles. The van der Waals surface area contributed by atoms with Crippen LogP contribution >= 0.6 is 15.9 Å². The van der Waals surface area contributed by atoms with E-state index < -0.39 is 5.82 Å². The van der Waals surface area contributed by atoms with Crippen LogP contribution in [0.15, 0.2) is 40.9 Å². The predicted molar refractivity (Wildman–Crippen MR) is 73.0 cm³/mol. The molecule has 0 spiro atoms. The molecule has 0 fully saturated rings. The maximum atomic E-state index is 13.3. The Kier molecular flexibility index (Phi) is 3.49. The summed E-state index contributed by atoms with van der Waals surface area (Å²) in [7, 11) is 0. The molecule has 18 heavy (non-hydrogen) atoms. The van der Waals surface area contributed by atoms with Crippen molar-refractivity contribution in [2.75, 3.05) is 11.1 Å². The Hall–Kier alpha value is -2.06. The van der Waals surface area contributed by atoms with Gasteiger partial charge in [0.1, 0.15) is 5.82 Å². The smallest absolute Gasteiger partial charge is 0.148 e. The molecule has 0 atom stereocenters. The first-order chi connectivity index (χ1) is 8.61. The van der Waals surface area contributed by atoms with Crippen LogP contribution in [0.25, 0.3) is 0 Å². The number of rotatable bonds is 2. The summed E-state index contributed by atoms with van der Waals surface area (Å²) >= 11 is 3.34. The lowest BCUT2D eigenvalue weighted by atomic mass is 10.2. The molecule has 3 N–H and O–H groups in total. The van der Waals surface area contributed by atoms with Crippen molar-refractivity contribution in [3.8, 4) is 6.07 Å². The third-order valence-electron chi connectivity index (χ3n) is 2.42. The minimum atomic E-state index is -0.468. The fourth-order valence-corrected chi connectivity index (χ4v) is 1.96. The zero-order valence-corrected chi connectivity index (χ0v) is 10.8. The lowest BCUT2D eigenvalue weighted by Gasteiger charge is -2.11. The van der Waals surface area contributed by atoms with Crippen LogP contribution in [0.4, 0.5) is 21.5 Å². The monoisotopic (exact) mass is 305 g/mol. The van der Waals surface area contributed by atoms with Crippen LogP contribution in [0.1, 0.15) is 5.56 Å². The Balaban J connectivity index is 2.35. The summed E-state index contributed by atoms with van der Waals surface area (Å²) in [4.78, 5) is 0. The van der Waals surface area contributed by atoms with E-state index in [2.05, 4.69) is 21.2 Å². The Morgan fingerprint density at radius 2 is 2.00 bits per heavy atom. The van der Waals surface area contributed by atoms with E-state index in [0.29, 0.717) is 21.4 Å². The highest BCUT2D eigenvalue weighted by Gasteiger charge is 2.07. The van der Waals surface area contributed by atoms with E-state index in [9.17, 15) is 4.39 Å². The molecule has 2 aromatic rings. The highest BCUT2D eigenvalue weighted by molar-refractivity contribution is 9.10. The van der Waals surface area contributed by atoms with Crippen molar-refractivity contribution < 1.29 is 4.39 Å². The van der Waals surface area contributed by atoms with Gasteiger partial charge in [0.15, 0.2) is 0 Å². The average Bonchev–Trinajstić information content (AvgIpc) is 2.37. The average molecular weight is 306 g/mol. The minimum Gasteiger partial charge on any atom is -0.395 e. The topological polar surface area (TPSA) is 61.8 Å². The quantitative estimate of drug-likeness (QED) is 0.830.